The molecular weight excluding hydrogens is 336 g/mol. The maximum absolute atomic E-state index is 6.24. The van der Waals surface area contributed by atoms with E-state index in [0.717, 1.165) is 29.0 Å². The molecule has 1 aliphatic heterocycles. The van der Waals surface area contributed by atoms with E-state index in [2.05, 4.69) is 50.8 Å². The molecule has 2 nitrogen and oxygen atoms in total. The SMILES string of the molecule is Clc1ccccc1CC1CNc2ccc(Br)cc2CN1. The third kappa shape index (κ3) is 3.17. The van der Waals surface area contributed by atoms with Gasteiger partial charge < -0.3 is 10.6 Å². The van der Waals surface area contributed by atoms with Crippen LogP contribution in [-0.4, -0.2) is 12.6 Å². The molecule has 0 amide bonds. The molecule has 1 heterocycles. The van der Waals surface area contributed by atoms with E-state index >= 15 is 0 Å². The van der Waals surface area contributed by atoms with Crippen molar-refractivity contribution < 1.29 is 0 Å². The van der Waals surface area contributed by atoms with Gasteiger partial charge in [-0.05, 0) is 41.8 Å². The van der Waals surface area contributed by atoms with Gasteiger partial charge in [0.1, 0.15) is 0 Å². The summed E-state index contributed by atoms with van der Waals surface area (Å²) in [5.41, 5.74) is 3.70. The van der Waals surface area contributed by atoms with E-state index in [4.69, 9.17) is 11.6 Å². The van der Waals surface area contributed by atoms with Gasteiger partial charge in [-0.2, -0.15) is 0 Å². The molecule has 0 saturated carbocycles. The lowest BCUT2D eigenvalue weighted by Gasteiger charge is -2.16. The summed E-state index contributed by atoms with van der Waals surface area (Å²) >= 11 is 9.76. The Morgan fingerprint density at radius 2 is 2.05 bits per heavy atom. The van der Waals surface area contributed by atoms with Crippen LogP contribution in [0, 0.1) is 0 Å². The van der Waals surface area contributed by atoms with Crippen molar-refractivity contribution in [3.63, 3.8) is 0 Å². The van der Waals surface area contributed by atoms with Crippen molar-refractivity contribution in [2.45, 2.75) is 19.0 Å². The molecule has 2 aromatic carbocycles. The third-order valence-electron chi connectivity index (χ3n) is 3.61. The summed E-state index contributed by atoms with van der Waals surface area (Å²) in [5, 5.41) is 7.96. The highest BCUT2D eigenvalue weighted by Gasteiger charge is 2.16. The zero-order valence-corrected chi connectivity index (χ0v) is 13.3. The van der Waals surface area contributed by atoms with Crippen molar-refractivity contribution >= 4 is 33.2 Å². The van der Waals surface area contributed by atoms with Crippen LogP contribution < -0.4 is 10.6 Å². The lowest BCUT2D eigenvalue weighted by Crippen LogP contribution is -2.34. The van der Waals surface area contributed by atoms with Crippen LogP contribution in [0.3, 0.4) is 0 Å². The maximum Gasteiger partial charge on any atom is 0.0438 e. The van der Waals surface area contributed by atoms with Crippen LogP contribution in [0.5, 0.6) is 0 Å². The molecule has 20 heavy (non-hydrogen) atoms. The Morgan fingerprint density at radius 3 is 2.90 bits per heavy atom. The normalized spacial score (nSPS) is 18.0. The van der Waals surface area contributed by atoms with Gasteiger partial charge in [0.05, 0.1) is 0 Å². The molecule has 2 aromatic rings. The smallest absolute Gasteiger partial charge is 0.0438 e. The van der Waals surface area contributed by atoms with Crippen molar-refractivity contribution in [3.8, 4) is 0 Å². The van der Waals surface area contributed by atoms with Crippen LogP contribution in [0.2, 0.25) is 5.02 Å². The molecule has 0 spiro atoms. The first-order chi connectivity index (χ1) is 9.72. The Morgan fingerprint density at radius 1 is 1.20 bits per heavy atom. The second kappa shape index (κ2) is 6.17. The minimum absolute atomic E-state index is 0.376. The Balaban J connectivity index is 1.72. The van der Waals surface area contributed by atoms with Crippen LogP contribution >= 0.6 is 27.5 Å². The van der Waals surface area contributed by atoms with Crippen molar-refractivity contribution in [1.29, 1.82) is 0 Å². The maximum atomic E-state index is 6.24. The zero-order chi connectivity index (χ0) is 13.9. The molecule has 1 unspecified atom stereocenters. The first kappa shape index (κ1) is 13.9. The first-order valence-electron chi connectivity index (χ1n) is 6.71. The topological polar surface area (TPSA) is 24.1 Å². The van der Waals surface area contributed by atoms with Gasteiger partial charge in [-0.3, -0.25) is 0 Å². The lowest BCUT2D eigenvalue weighted by molar-refractivity contribution is 0.537. The molecule has 0 aliphatic carbocycles. The van der Waals surface area contributed by atoms with Gasteiger partial charge in [-0.1, -0.05) is 45.7 Å². The molecular formula is C16H16BrClN2. The second-order valence-electron chi connectivity index (χ2n) is 5.06. The van der Waals surface area contributed by atoms with Gasteiger partial charge in [0, 0.05) is 34.3 Å². The average molecular weight is 352 g/mol. The predicted molar refractivity (Wildman–Crippen MR) is 88.4 cm³/mol. The number of benzene rings is 2. The van der Waals surface area contributed by atoms with Gasteiger partial charge in [-0.15, -0.1) is 0 Å². The Bertz CT molecular complexity index is 615. The second-order valence-corrected chi connectivity index (χ2v) is 6.38. The molecule has 1 aliphatic rings. The van der Waals surface area contributed by atoms with Crippen molar-refractivity contribution in [2.24, 2.45) is 0 Å². The van der Waals surface area contributed by atoms with Gasteiger partial charge in [0.25, 0.3) is 0 Å². The van der Waals surface area contributed by atoms with Crippen LogP contribution in [-0.2, 0) is 13.0 Å². The highest BCUT2D eigenvalue weighted by molar-refractivity contribution is 9.10. The van der Waals surface area contributed by atoms with Crippen molar-refractivity contribution in [1.82, 2.24) is 5.32 Å². The van der Waals surface area contributed by atoms with E-state index in [1.165, 1.54) is 16.8 Å². The summed E-state index contributed by atoms with van der Waals surface area (Å²) in [6, 6.07) is 14.8. The van der Waals surface area contributed by atoms with Crippen LogP contribution in [0.4, 0.5) is 5.69 Å². The summed E-state index contributed by atoms with van der Waals surface area (Å²) in [6.07, 6.45) is 0.932. The van der Waals surface area contributed by atoms with Gasteiger partial charge in [0.15, 0.2) is 0 Å². The minimum atomic E-state index is 0.376. The van der Waals surface area contributed by atoms with E-state index in [-0.39, 0.29) is 0 Å². The molecule has 4 heteroatoms. The molecule has 0 fully saturated rings. The van der Waals surface area contributed by atoms with Crippen LogP contribution in [0.25, 0.3) is 0 Å². The molecule has 3 rings (SSSR count). The molecule has 1 atom stereocenters. The Kier molecular flexibility index (Phi) is 4.29. The summed E-state index contributed by atoms with van der Waals surface area (Å²) < 4.78 is 1.12. The first-order valence-corrected chi connectivity index (χ1v) is 7.88. The standard InChI is InChI=1S/C16H16BrClN2/c17-13-5-6-16-12(7-13)9-19-14(10-20-16)8-11-3-1-2-4-15(11)18/h1-7,14,19-20H,8-10H2. The quantitative estimate of drug-likeness (QED) is 0.846. The fourth-order valence-electron chi connectivity index (χ4n) is 2.51. The molecule has 0 bridgehead atoms. The highest BCUT2D eigenvalue weighted by atomic mass is 79.9. The predicted octanol–water partition coefficient (Wildman–Crippen LogP) is 4.23. The molecule has 2 N–H and O–H groups in total. The molecule has 104 valence electrons. The number of halogens is 2. The summed E-state index contributed by atoms with van der Waals surface area (Å²) in [6.45, 7) is 1.77. The fourth-order valence-corrected chi connectivity index (χ4v) is 3.14. The number of nitrogens with one attached hydrogen (secondary N) is 2. The van der Waals surface area contributed by atoms with E-state index in [1.54, 1.807) is 0 Å². The van der Waals surface area contributed by atoms with E-state index < -0.39 is 0 Å². The van der Waals surface area contributed by atoms with Gasteiger partial charge in [0.2, 0.25) is 0 Å². The van der Waals surface area contributed by atoms with Crippen LogP contribution in [0.1, 0.15) is 11.1 Å². The molecule has 0 saturated heterocycles. The van der Waals surface area contributed by atoms with Gasteiger partial charge in [-0.25, -0.2) is 0 Å². The minimum Gasteiger partial charge on any atom is -0.383 e. The van der Waals surface area contributed by atoms with Gasteiger partial charge >= 0.3 is 0 Å². The number of fused-ring (bicyclic) bond motifs is 1. The number of hydrogen-bond donors (Lipinski definition) is 2. The monoisotopic (exact) mass is 350 g/mol. The fraction of sp³-hybridized carbons (Fsp3) is 0.250. The lowest BCUT2D eigenvalue weighted by atomic mass is 10.1. The number of anilines is 1. The molecule has 0 radical (unpaired) electrons. The Labute approximate surface area is 132 Å². The molecule has 0 aromatic heterocycles. The Hall–Kier alpha value is -1.03. The summed E-state index contributed by atoms with van der Waals surface area (Å²) in [7, 11) is 0. The third-order valence-corrected chi connectivity index (χ3v) is 4.47. The van der Waals surface area contributed by atoms with Crippen molar-refractivity contribution in [3.05, 3.63) is 63.1 Å². The summed E-state index contributed by atoms with van der Waals surface area (Å²) in [5.74, 6) is 0. The summed E-state index contributed by atoms with van der Waals surface area (Å²) in [4.78, 5) is 0. The highest BCUT2D eigenvalue weighted by Crippen LogP contribution is 2.24. The largest absolute Gasteiger partial charge is 0.383 e. The van der Waals surface area contributed by atoms with E-state index in [0.29, 0.717) is 6.04 Å². The number of rotatable bonds is 2. The van der Waals surface area contributed by atoms with E-state index in [9.17, 15) is 0 Å². The average Bonchev–Trinajstić information content (AvgIpc) is 2.64. The zero-order valence-electron chi connectivity index (χ0n) is 11.0. The van der Waals surface area contributed by atoms with E-state index in [1.807, 2.05) is 18.2 Å². The van der Waals surface area contributed by atoms with Crippen molar-refractivity contribution in [2.75, 3.05) is 11.9 Å². The number of hydrogen-bond acceptors (Lipinski definition) is 2. The van der Waals surface area contributed by atoms with Crippen LogP contribution in [0.15, 0.2) is 46.9 Å².